The number of carbonyl (C=O) groups excluding carboxylic acids is 1. The quantitative estimate of drug-likeness (QED) is 0.789. The Morgan fingerprint density at radius 2 is 2.11 bits per heavy atom. The zero-order chi connectivity index (χ0) is 13.0. The van der Waals surface area contributed by atoms with E-state index in [0.29, 0.717) is 25.1 Å². The Hall–Kier alpha value is -0.810. The van der Waals surface area contributed by atoms with Crippen molar-refractivity contribution < 1.29 is 9.53 Å². The van der Waals surface area contributed by atoms with E-state index in [1.807, 2.05) is 9.80 Å². The first kappa shape index (κ1) is 13.6. The van der Waals surface area contributed by atoms with Crippen molar-refractivity contribution in [1.29, 1.82) is 0 Å². The average Bonchev–Trinajstić information content (AvgIpc) is 3.24. The molecule has 1 N–H and O–H groups in total. The van der Waals surface area contributed by atoms with Crippen molar-refractivity contribution in [1.82, 2.24) is 15.1 Å². The van der Waals surface area contributed by atoms with Crippen LogP contribution in [0.2, 0.25) is 0 Å². The standard InChI is InChI=1S/C13H25N3O2/c1-11(12-3-4-12)16(9-10-18-2)13(17)15-7-5-14-6-8-15/h11-12,14H,3-10H2,1-2H3. The number of rotatable bonds is 5. The summed E-state index contributed by atoms with van der Waals surface area (Å²) in [5.74, 6) is 0.703. The van der Waals surface area contributed by atoms with Crippen molar-refractivity contribution in [3.8, 4) is 0 Å². The van der Waals surface area contributed by atoms with Crippen LogP contribution in [0.15, 0.2) is 0 Å². The highest BCUT2D eigenvalue weighted by molar-refractivity contribution is 5.75. The maximum atomic E-state index is 12.5. The van der Waals surface area contributed by atoms with Gasteiger partial charge in [0, 0.05) is 45.9 Å². The smallest absolute Gasteiger partial charge is 0.320 e. The Bertz CT molecular complexity index is 275. The maximum Gasteiger partial charge on any atom is 0.320 e. The first-order valence-corrected chi connectivity index (χ1v) is 6.99. The van der Waals surface area contributed by atoms with Gasteiger partial charge in [0.15, 0.2) is 0 Å². The lowest BCUT2D eigenvalue weighted by molar-refractivity contribution is 0.100. The lowest BCUT2D eigenvalue weighted by Crippen LogP contribution is -2.54. The maximum absolute atomic E-state index is 12.5. The highest BCUT2D eigenvalue weighted by Crippen LogP contribution is 2.35. The zero-order valence-corrected chi connectivity index (χ0v) is 11.5. The van der Waals surface area contributed by atoms with E-state index in [9.17, 15) is 4.79 Å². The number of carbonyl (C=O) groups is 1. The molecule has 0 aromatic carbocycles. The van der Waals surface area contributed by atoms with Crippen molar-refractivity contribution >= 4 is 6.03 Å². The van der Waals surface area contributed by atoms with E-state index in [1.165, 1.54) is 12.8 Å². The first-order chi connectivity index (χ1) is 8.74. The topological polar surface area (TPSA) is 44.8 Å². The summed E-state index contributed by atoms with van der Waals surface area (Å²) in [6, 6.07) is 0.537. The molecule has 2 aliphatic rings. The summed E-state index contributed by atoms with van der Waals surface area (Å²) in [5.41, 5.74) is 0. The molecule has 0 aromatic heterocycles. The monoisotopic (exact) mass is 255 g/mol. The molecule has 2 rings (SSSR count). The highest BCUT2D eigenvalue weighted by atomic mass is 16.5. The van der Waals surface area contributed by atoms with Gasteiger partial charge in [0.2, 0.25) is 0 Å². The molecular weight excluding hydrogens is 230 g/mol. The minimum Gasteiger partial charge on any atom is -0.383 e. The van der Waals surface area contributed by atoms with Crippen LogP contribution in [-0.2, 0) is 4.74 Å². The van der Waals surface area contributed by atoms with E-state index in [0.717, 1.165) is 26.2 Å². The van der Waals surface area contributed by atoms with Crippen molar-refractivity contribution in [3.63, 3.8) is 0 Å². The molecule has 1 heterocycles. The fourth-order valence-corrected chi connectivity index (χ4v) is 2.53. The lowest BCUT2D eigenvalue weighted by Gasteiger charge is -2.36. The number of hydrogen-bond donors (Lipinski definition) is 1. The molecule has 1 saturated carbocycles. The zero-order valence-electron chi connectivity index (χ0n) is 11.5. The van der Waals surface area contributed by atoms with Crippen LogP contribution in [-0.4, -0.2) is 68.3 Å². The van der Waals surface area contributed by atoms with Crippen LogP contribution < -0.4 is 5.32 Å². The van der Waals surface area contributed by atoms with Crippen molar-refractivity contribution in [2.75, 3.05) is 46.4 Å². The molecule has 0 bridgehead atoms. The van der Waals surface area contributed by atoms with Gasteiger partial charge in [0.05, 0.1) is 6.61 Å². The molecule has 1 aliphatic carbocycles. The SMILES string of the molecule is COCCN(C(=O)N1CCNCC1)C(C)C1CC1. The number of nitrogens with one attached hydrogen (secondary N) is 1. The molecule has 5 nitrogen and oxygen atoms in total. The summed E-state index contributed by atoms with van der Waals surface area (Å²) in [5, 5.41) is 3.28. The second-order valence-electron chi connectivity index (χ2n) is 5.28. The summed E-state index contributed by atoms with van der Waals surface area (Å²) in [6.07, 6.45) is 2.53. The van der Waals surface area contributed by atoms with E-state index < -0.39 is 0 Å². The predicted molar refractivity (Wildman–Crippen MR) is 70.6 cm³/mol. The van der Waals surface area contributed by atoms with Crippen molar-refractivity contribution in [3.05, 3.63) is 0 Å². The summed E-state index contributed by atoms with van der Waals surface area (Å²) in [4.78, 5) is 16.5. The van der Waals surface area contributed by atoms with Crippen molar-refractivity contribution in [2.45, 2.75) is 25.8 Å². The van der Waals surface area contributed by atoms with Gasteiger partial charge in [-0.15, -0.1) is 0 Å². The predicted octanol–water partition coefficient (Wildman–Crippen LogP) is 0.759. The van der Waals surface area contributed by atoms with Crippen LogP contribution >= 0.6 is 0 Å². The van der Waals surface area contributed by atoms with Crippen LogP contribution in [0.3, 0.4) is 0 Å². The van der Waals surface area contributed by atoms with Gasteiger partial charge in [-0.05, 0) is 25.7 Å². The van der Waals surface area contributed by atoms with Crippen LogP contribution in [0.5, 0.6) is 0 Å². The van der Waals surface area contributed by atoms with Gasteiger partial charge >= 0.3 is 6.03 Å². The van der Waals surface area contributed by atoms with Gasteiger partial charge in [0.25, 0.3) is 0 Å². The van der Waals surface area contributed by atoms with Gasteiger partial charge in [-0.1, -0.05) is 0 Å². The first-order valence-electron chi connectivity index (χ1n) is 6.99. The summed E-state index contributed by atoms with van der Waals surface area (Å²) >= 11 is 0. The Kier molecular flexibility index (Phi) is 4.83. The third kappa shape index (κ3) is 3.36. The molecule has 0 aromatic rings. The molecule has 2 fully saturated rings. The van der Waals surface area contributed by atoms with Crippen LogP contribution in [0, 0.1) is 5.92 Å². The van der Waals surface area contributed by atoms with Crippen LogP contribution in [0.4, 0.5) is 4.79 Å². The average molecular weight is 255 g/mol. The van der Waals surface area contributed by atoms with Gasteiger partial charge in [-0.3, -0.25) is 0 Å². The van der Waals surface area contributed by atoms with E-state index in [4.69, 9.17) is 4.74 Å². The number of urea groups is 1. The molecule has 1 atom stereocenters. The number of amides is 2. The molecule has 1 unspecified atom stereocenters. The fraction of sp³-hybridized carbons (Fsp3) is 0.923. The molecular formula is C13H25N3O2. The number of ether oxygens (including phenoxy) is 1. The summed E-state index contributed by atoms with van der Waals surface area (Å²) in [7, 11) is 1.69. The minimum absolute atomic E-state index is 0.188. The van der Waals surface area contributed by atoms with Gasteiger partial charge in [-0.2, -0.15) is 0 Å². The number of methoxy groups -OCH3 is 1. The van der Waals surface area contributed by atoms with E-state index in [-0.39, 0.29) is 6.03 Å². The van der Waals surface area contributed by atoms with E-state index in [2.05, 4.69) is 12.2 Å². The minimum atomic E-state index is 0.188. The number of nitrogens with zero attached hydrogens (tertiary/aromatic N) is 2. The number of hydrogen-bond acceptors (Lipinski definition) is 3. The molecule has 0 radical (unpaired) electrons. The fourth-order valence-electron chi connectivity index (χ4n) is 2.53. The molecule has 5 heteroatoms. The Labute approximate surface area is 109 Å². The van der Waals surface area contributed by atoms with Crippen molar-refractivity contribution in [2.24, 2.45) is 5.92 Å². The second kappa shape index (κ2) is 6.38. The normalized spacial score (nSPS) is 21.8. The highest BCUT2D eigenvalue weighted by Gasteiger charge is 2.35. The van der Waals surface area contributed by atoms with E-state index in [1.54, 1.807) is 7.11 Å². The summed E-state index contributed by atoms with van der Waals surface area (Å²) < 4.78 is 5.14. The number of piperazine rings is 1. The third-order valence-corrected chi connectivity index (χ3v) is 3.97. The molecule has 18 heavy (non-hydrogen) atoms. The Balaban J connectivity index is 1.94. The van der Waals surface area contributed by atoms with Gasteiger partial charge in [-0.25, -0.2) is 4.79 Å². The van der Waals surface area contributed by atoms with Gasteiger partial charge in [0.1, 0.15) is 0 Å². The van der Waals surface area contributed by atoms with Gasteiger partial charge < -0.3 is 19.9 Å². The molecule has 2 amide bonds. The second-order valence-corrected chi connectivity index (χ2v) is 5.28. The molecule has 1 saturated heterocycles. The Morgan fingerprint density at radius 1 is 1.44 bits per heavy atom. The van der Waals surface area contributed by atoms with E-state index >= 15 is 0 Å². The molecule has 1 aliphatic heterocycles. The molecule has 104 valence electrons. The largest absolute Gasteiger partial charge is 0.383 e. The summed E-state index contributed by atoms with van der Waals surface area (Å²) in [6.45, 7) is 6.95. The third-order valence-electron chi connectivity index (χ3n) is 3.97. The Morgan fingerprint density at radius 3 is 2.67 bits per heavy atom. The van der Waals surface area contributed by atoms with Crippen LogP contribution in [0.1, 0.15) is 19.8 Å². The lowest BCUT2D eigenvalue weighted by atomic mass is 10.2. The molecule has 0 spiro atoms. The van der Waals surface area contributed by atoms with Crippen LogP contribution in [0.25, 0.3) is 0 Å².